The number of aryl methyl sites for hydroxylation is 1. The number of hydrogen-bond acceptors (Lipinski definition) is 2. The zero-order valence-electron chi connectivity index (χ0n) is 9.66. The van der Waals surface area contributed by atoms with Gasteiger partial charge in [0.05, 0.1) is 11.3 Å². The lowest BCUT2D eigenvalue weighted by Gasteiger charge is -1.97. The van der Waals surface area contributed by atoms with Gasteiger partial charge < -0.3 is 9.73 Å². The second-order valence-electron chi connectivity index (χ2n) is 4.15. The number of anilines is 1. The van der Waals surface area contributed by atoms with Crippen molar-refractivity contribution in [3.63, 3.8) is 0 Å². The molecule has 1 aliphatic rings. The number of fused-ring (bicyclic) bond motifs is 1. The number of carbonyl (C=O) groups excluding carboxylic acids is 1. The van der Waals surface area contributed by atoms with Crippen LogP contribution in [-0.4, -0.2) is 5.91 Å². The topological polar surface area (TPSA) is 42.2 Å². The normalized spacial score (nSPS) is 15.9. The van der Waals surface area contributed by atoms with Crippen LogP contribution in [0.15, 0.2) is 34.7 Å². The molecule has 4 heteroatoms. The molecule has 2 heterocycles. The largest absolute Gasteiger partial charge is 0.462 e. The second-order valence-corrected chi connectivity index (χ2v) is 4.59. The molecule has 0 bridgehead atoms. The lowest BCUT2D eigenvalue weighted by molar-refractivity contribution is -0.110. The van der Waals surface area contributed by atoms with Crippen LogP contribution in [0.3, 0.4) is 0 Å². The summed E-state index contributed by atoms with van der Waals surface area (Å²) in [5.41, 5.74) is 2.18. The fraction of sp³-hybridized carbons (Fsp3) is 0.0714. The summed E-state index contributed by atoms with van der Waals surface area (Å²) in [7, 11) is 0. The van der Waals surface area contributed by atoms with Crippen LogP contribution in [0.25, 0.3) is 11.6 Å². The first-order chi connectivity index (χ1) is 8.63. The highest BCUT2D eigenvalue weighted by Crippen LogP contribution is 2.34. The van der Waals surface area contributed by atoms with Crippen molar-refractivity contribution in [3.8, 4) is 0 Å². The molecule has 0 fully saturated rings. The summed E-state index contributed by atoms with van der Waals surface area (Å²) in [5.74, 6) is 1.35. The maximum absolute atomic E-state index is 11.9. The van der Waals surface area contributed by atoms with Crippen molar-refractivity contribution in [2.24, 2.45) is 0 Å². The first-order valence-electron chi connectivity index (χ1n) is 5.53. The summed E-state index contributed by atoms with van der Waals surface area (Å²) in [5, 5.41) is 3.38. The molecule has 0 unspecified atom stereocenters. The predicted molar refractivity (Wildman–Crippen MR) is 71.4 cm³/mol. The van der Waals surface area contributed by atoms with E-state index in [2.05, 4.69) is 5.32 Å². The summed E-state index contributed by atoms with van der Waals surface area (Å²) in [6, 6.07) is 9.04. The summed E-state index contributed by atoms with van der Waals surface area (Å²) in [6.45, 7) is 1.87. The Bertz CT molecular complexity index is 670. The molecule has 90 valence electrons. The highest BCUT2D eigenvalue weighted by atomic mass is 35.5. The minimum atomic E-state index is -0.138. The average Bonchev–Trinajstić information content (AvgIpc) is 2.84. The molecule has 0 spiro atoms. The van der Waals surface area contributed by atoms with E-state index in [9.17, 15) is 4.79 Å². The van der Waals surface area contributed by atoms with Crippen molar-refractivity contribution in [2.75, 3.05) is 5.32 Å². The van der Waals surface area contributed by atoms with Crippen LogP contribution in [0.5, 0.6) is 0 Å². The Hall–Kier alpha value is -2.00. The van der Waals surface area contributed by atoms with Gasteiger partial charge in [-0.1, -0.05) is 17.7 Å². The number of amides is 1. The third-order valence-electron chi connectivity index (χ3n) is 2.81. The van der Waals surface area contributed by atoms with Gasteiger partial charge in [-0.25, -0.2) is 0 Å². The van der Waals surface area contributed by atoms with Gasteiger partial charge in [0.1, 0.15) is 11.5 Å². The quantitative estimate of drug-likeness (QED) is 0.793. The van der Waals surface area contributed by atoms with Gasteiger partial charge in [-0.2, -0.15) is 0 Å². The van der Waals surface area contributed by atoms with Gasteiger partial charge >= 0.3 is 0 Å². The van der Waals surface area contributed by atoms with Crippen molar-refractivity contribution in [2.45, 2.75) is 6.92 Å². The highest BCUT2D eigenvalue weighted by Gasteiger charge is 2.24. The molecule has 18 heavy (non-hydrogen) atoms. The molecule has 1 aromatic carbocycles. The molecule has 3 rings (SSSR count). The molecule has 3 nitrogen and oxygen atoms in total. The molecule has 0 aliphatic carbocycles. The monoisotopic (exact) mass is 259 g/mol. The molecular formula is C14H10ClNO2. The lowest BCUT2D eigenvalue weighted by Crippen LogP contribution is -2.03. The molecular weight excluding hydrogens is 250 g/mol. The van der Waals surface area contributed by atoms with Crippen molar-refractivity contribution < 1.29 is 9.21 Å². The lowest BCUT2D eigenvalue weighted by atomic mass is 10.1. The van der Waals surface area contributed by atoms with Crippen molar-refractivity contribution in [1.82, 2.24) is 0 Å². The third kappa shape index (κ3) is 1.83. The second kappa shape index (κ2) is 4.03. The minimum Gasteiger partial charge on any atom is -0.462 e. The van der Waals surface area contributed by atoms with E-state index in [-0.39, 0.29) is 5.91 Å². The van der Waals surface area contributed by atoms with Crippen LogP contribution in [0, 0.1) is 6.92 Å². The first kappa shape index (κ1) is 11.1. The summed E-state index contributed by atoms with van der Waals surface area (Å²) in [6.07, 6.45) is 1.74. The van der Waals surface area contributed by atoms with E-state index in [1.54, 1.807) is 18.2 Å². The van der Waals surface area contributed by atoms with Crippen LogP contribution in [0.1, 0.15) is 17.1 Å². The predicted octanol–water partition coefficient (Wildman–Crippen LogP) is 3.73. The highest BCUT2D eigenvalue weighted by molar-refractivity contribution is 6.36. The van der Waals surface area contributed by atoms with Crippen LogP contribution >= 0.6 is 11.6 Å². The Morgan fingerprint density at radius 1 is 1.28 bits per heavy atom. The van der Waals surface area contributed by atoms with Gasteiger partial charge in [0.25, 0.3) is 5.91 Å². The SMILES string of the molecule is Cc1ccc(/C=C2\C(=O)Nc3cc(Cl)ccc32)o1. The van der Waals surface area contributed by atoms with Crippen molar-refractivity contribution >= 4 is 34.8 Å². The van der Waals surface area contributed by atoms with Crippen molar-refractivity contribution in [1.29, 1.82) is 0 Å². The fourth-order valence-corrected chi connectivity index (χ4v) is 2.16. The van der Waals surface area contributed by atoms with Crippen LogP contribution < -0.4 is 5.32 Å². The Morgan fingerprint density at radius 2 is 2.11 bits per heavy atom. The van der Waals surface area contributed by atoms with E-state index in [1.807, 2.05) is 25.1 Å². The van der Waals surface area contributed by atoms with E-state index >= 15 is 0 Å². The molecule has 1 amide bonds. The smallest absolute Gasteiger partial charge is 0.256 e. The van der Waals surface area contributed by atoms with E-state index < -0.39 is 0 Å². The van der Waals surface area contributed by atoms with E-state index in [0.29, 0.717) is 16.4 Å². The molecule has 1 aromatic heterocycles. The van der Waals surface area contributed by atoms with Crippen molar-refractivity contribution in [3.05, 3.63) is 52.4 Å². The van der Waals surface area contributed by atoms with Gasteiger partial charge in [0, 0.05) is 10.6 Å². The Morgan fingerprint density at radius 3 is 2.83 bits per heavy atom. The Balaban J connectivity index is 2.09. The van der Waals surface area contributed by atoms with E-state index in [4.69, 9.17) is 16.0 Å². The zero-order chi connectivity index (χ0) is 12.7. The number of hydrogen-bond donors (Lipinski definition) is 1. The van der Waals surface area contributed by atoms with E-state index in [1.165, 1.54) is 0 Å². The number of nitrogens with one attached hydrogen (secondary N) is 1. The number of carbonyl (C=O) groups is 1. The molecule has 0 saturated heterocycles. The van der Waals surface area contributed by atoms with Gasteiger partial charge in [-0.3, -0.25) is 4.79 Å². The van der Waals surface area contributed by atoms with Crippen LogP contribution in [0.2, 0.25) is 5.02 Å². The summed E-state index contributed by atoms with van der Waals surface area (Å²) >= 11 is 5.89. The standard InChI is InChI=1S/C14H10ClNO2/c1-8-2-4-10(18-8)7-12-11-5-3-9(15)6-13(11)16-14(12)17/h2-7H,1H3,(H,16,17)/b12-7-. The van der Waals surface area contributed by atoms with Gasteiger partial charge in [-0.05, 0) is 37.3 Å². The minimum absolute atomic E-state index is 0.138. The van der Waals surface area contributed by atoms with E-state index in [0.717, 1.165) is 17.0 Å². The zero-order valence-corrected chi connectivity index (χ0v) is 10.4. The molecule has 2 aromatic rings. The molecule has 1 aliphatic heterocycles. The average molecular weight is 260 g/mol. The number of halogens is 1. The Labute approximate surface area is 109 Å². The number of furan rings is 1. The third-order valence-corrected chi connectivity index (χ3v) is 3.05. The molecule has 0 saturated carbocycles. The first-order valence-corrected chi connectivity index (χ1v) is 5.91. The van der Waals surface area contributed by atoms with Gasteiger partial charge in [0.2, 0.25) is 0 Å². The van der Waals surface area contributed by atoms with Crippen LogP contribution in [0.4, 0.5) is 5.69 Å². The number of rotatable bonds is 1. The fourth-order valence-electron chi connectivity index (χ4n) is 1.98. The van der Waals surface area contributed by atoms with Gasteiger partial charge in [0.15, 0.2) is 0 Å². The molecule has 1 N–H and O–H groups in total. The van der Waals surface area contributed by atoms with Crippen LogP contribution in [-0.2, 0) is 4.79 Å². The maximum Gasteiger partial charge on any atom is 0.256 e. The van der Waals surface area contributed by atoms with Gasteiger partial charge in [-0.15, -0.1) is 0 Å². The summed E-state index contributed by atoms with van der Waals surface area (Å²) in [4.78, 5) is 11.9. The number of benzene rings is 1. The summed E-state index contributed by atoms with van der Waals surface area (Å²) < 4.78 is 5.45. The Kier molecular flexibility index (Phi) is 2.49. The maximum atomic E-state index is 11.9. The molecule has 0 atom stereocenters. The molecule has 0 radical (unpaired) electrons.